The summed E-state index contributed by atoms with van der Waals surface area (Å²) in [4.78, 5) is 0. The van der Waals surface area contributed by atoms with Gasteiger partial charge in [-0.3, -0.25) is 0 Å². The molecule has 0 N–H and O–H groups in total. The molecule has 0 aromatic heterocycles. The highest BCUT2D eigenvalue weighted by Crippen LogP contribution is 2.32. The molecule has 12 heavy (non-hydrogen) atoms. The van der Waals surface area contributed by atoms with Crippen molar-refractivity contribution in [1.29, 1.82) is 5.26 Å². The van der Waals surface area contributed by atoms with Crippen LogP contribution in [0.4, 0.5) is 0 Å². The number of epoxide rings is 1. The lowest BCUT2D eigenvalue weighted by Gasteiger charge is -2.01. The van der Waals surface area contributed by atoms with Crippen LogP contribution in [0.3, 0.4) is 0 Å². The maximum atomic E-state index is 8.56. The molecule has 0 saturated carbocycles. The molecule has 0 radical (unpaired) electrons. The van der Waals surface area contributed by atoms with Gasteiger partial charge < -0.3 is 4.74 Å². The summed E-state index contributed by atoms with van der Waals surface area (Å²) in [6.07, 6.45) is 0.741. The van der Waals surface area contributed by atoms with E-state index in [9.17, 15) is 0 Å². The first-order valence-corrected chi connectivity index (χ1v) is 3.98. The minimum absolute atomic E-state index is 0.259. The first-order valence-electron chi connectivity index (χ1n) is 3.98. The molecule has 0 amide bonds. The summed E-state index contributed by atoms with van der Waals surface area (Å²) in [5.41, 5.74) is 2.28. The SMILES string of the molecule is N#CCc1ccccc1C1CO1. The van der Waals surface area contributed by atoms with E-state index in [0.717, 1.165) is 12.2 Å². The Morgan fingerprint density at radius 2 is 2.25 bits per heavy atom. The lowest BCUT2D eigenvalue weighted by Crippen LogP contribution is -1.90. The van der Waals surface area contributed by atoms with Crippen LogP contribution in [0.2, 0.25) is 0 Å². The first kappa shape index (κ1) is 7.33. The number of benzene rings is 1. The Labute approximate surface area is 71.4 Å². The van der Waals surface area contributed by atoms with E-state index < -0.39 is 0 Å². The van der Waals surface area contributed by atoms with Crippen molar-refractivity contribution in [3.8, 4) is 6.07 Å². The summed E-state index contributed by atoms with van der Waals surface area (Å²) in [5, 5.41) is 8.56. The third-order valence-electron chi connectivity index (χ3n) is 2.00. The van der Waals surface area contributed by atoms with Gasteiger partial charge in [0.2, 0.25) is 0 Å². The molecule has 1 aliphatic rings. The second-order valence-corrected chi connectivity index (χ2v) is 2.86. The van der Waals surface area contributed by atoms with Gasteiger partial charge in [-0.2, -0.15) is 5.26 Å². The van der Waals surface area contributed by atoms with Gasteiger partial charge in [-0.1, -0.05) is 24.3 Å². The van der Waals surface area contributed by atoms with Gasteiger partial charge in [0.15, 0.2) is 0 Å². The summed E-state index contributed by atoms with van der Waals surface area (Å²) >= 11 is 0. The van der Waals surface area contributed by atoms with Crippen molar-refractivity contribution in [3.63, 3.8) is 0 Å². The van der Waals surface area contributed by atoms with Crippen LogP contribution in [-0.2, 0) is 11.2 Å². The van der Waals surface area contributed by atoms with Gasteiger partial charge in [-0.25, -0.2) is 0 Å². The number of hydrogen-bond acceptors (Lipinski definition) is 2. The lowest BCUT2D eigenvalue weighted by atomic mass is 10.0. The molecule has 1 heterocycles. The van der Waals surface area contributed by atoms with Crippen molar-refractivity contribution < 1.29 is 4.74 Å². The lowest BCUT2D eigenvalue weighted by molar-refractivity contribution is 0.415. The summed E-state index contributed by atoms with van der Waals surface area (Å²) in [7, 11) is 0. The predicted octanol–water partition coefficient (Wildman–Crippen LogP) is 1.82. The molecule has 1 fully saturated rings. The van der Waals surface area contributed by atoms with Gasteiger partial charge in [0, 0.05) is 0 Å². The summed E-state index contributed by atoms with van der Waals surface area (Å²) < 4.78 is 5.17. The molecule has 1 atom stereocenters. The van der Waals surface area contributed by atoms with Crippen LogP contribution in [0.25, 0.3) is 0 Å². The van der Waals surface area contributed by atoms with E-state index in [4.69, 9.17) is 10.00 Å². The normalized spacial score (nSPS) is 20.1. The van der Waals surface area contributed by atoms with Gasteiger partial charge in [0.25, 0.3) is 0 Å². The average molecular weight is 159 g/mol. The highest BCUT2D eigenvalue weighted by atomic mass is 16.6. The largest absolute Gasteiger partial charge is 0.368 e. The third-order valence-corrected chi connectivity index (χ3v) is 2.00. The average Bonchev–Trinajstić information content (AvgIpc) is 2.89. The van der Waals surface area contributed by atoms with E-state index in [1.807, 2.05) is 24.3 Å². The molecule has 2 nitrogen and oxygen atoms in total. The van der Waals surface area contributed by atoms with Crippen molar-refractivity contribution in [1.82, 2.24) is 0 Å². The molecule has 1 aromatic rings. The van der Waals surface area contributed by atoms with Gasteiger partial charge in [-0.05, 0) is 11.1 Å². The van der Waals surface area contributed by atoms with Crippen LogP contribution < -0.4 is 0 Å². The van der Waals surface area contributed by atoms with E-state index in [0.29, 0.717) is 6.42 Å². The predicted molar refractivity (Wildman–Crippen MR) is 44.5 cm³/mol. The minimum Gasteiger partial charge on any atom is -0.368 e. The van der Waals surface area contributed by atoms with E-state index >= 15 is 0 Å². The van der Waals surface area contributed by atoms with Crippen molar-refractivity contribution in [3.05, 3.63) is 35.4 Å². The zero-order valence-corrected chi connectivity index (χ0v) is 6.66. The highest BCUT2D eigenvalue weighted by molar-refractivity contribution is 5.32. The number of nitriles is 1. The van der Waals surface area contributed by atoms with Crippen molar-refractivity contribution >= 4 is 0 Å². The van der Waals surface area contributed by atoms with Crippen molar-refractivity contribution in [2.24, 2.45) is 0 Å². The Kier molecular flexibility index (Phi) is 1.81. The Balaban J connectivity index is 2.31. The topological polar surface area (TPSA) is 36.3 Å². The van der Waals surface area contributed by atoms with E-state index in [1.54, 1.807) is 0 Å². The quantitative estimate of drug-likeness (QED) is 0.617. The summed E-state index contributed by atoms with van der Waals surface area (Å²) in [5.74, 6) is 0. The van der Waals surface area contributed by atoms with Crippen LogP contribution >= 0.6 is 0 Å². The summed E-state index contributed by atoms with van der Waals surface area (Å²) in [6.45, 7) is 0.808. The van der Waals surface area contributed by atoms with Crippen LogP contribution in [0.15, 0.2) is 24.3 Å². The van der Waals surface area contributed by atoms with Crippen molar-refractivity contribution in [2.45, 2.75) is 12.5 Å². The molecule has 1 aromatic carbocycles. The molecule has 1 aliphatic heterocycles. The monoisotopic (exact) mass is 159 g/mol. The summed E-state index contributed by atoms with van der Waals surface area (Å²) in [6, 6.07) is 10.1. The number of nitrogens with zero attached hydrogens (tertiary/aromatic N) is 1. The van der Waals surface area contributed by atoms with Gasteiger partial charge in [0.1, 0.15) is 6.10 Å². The maximum absolute atomic E-state index is 8.56. The number of hydrogen-bond donors (Lipinski definition) is 0. The molecular weight excluding hydrogens is 150 g/mol. The molecular formula is C10H9NO. The van der Waals surface area contributed by atoms with Crippen LogP contribution in [0, 0.1) is 11.3 Å². The molecule has 2 rings (SSSR count). The molecule has 2 heteroatoms. The molecule has 1 unspecified atom stereocenters. The smallest absolute Gasteiger partial charge is 0.106 e. The Morgan fingerprint density at radius 3 is 2.92 bits per heavy atom. The van der Waals surface area contributed by atoms with Gasteiger partial charge in [0.05, 0.1) is 19.1 Å². The van der Waals surface area contributed by atoms with Crippen LogP contribution in [0.5, 0.6) is 0 Å². The molecule has 0 bridgehead atoms. The number of rotatable bonds is 2. The standard InChI is InChI=1S/C10H9NO/c11-6-5-8-3-1-2-4-9(8)10-7-12-10/h1-4,10H,5,7H2. The molecule has 1 saturated heterocycles. The fourth-order valence-electron chi connectivity index (χ4n) is 1.32. The molecule has 0 spiro atoms. The van der Waals surface area contributed by atoms with Gasteiger partial charge >= 0.3 is 0 Å². The second kappa shape index (κ2) is 2.96. The molecule has 0 aliphatic carbocycles. The van der Waals surface area contributed by atoms with E-state index in [2.05, 4.69) is 6.07 Å². The van der Waals surface area contributed by atoms with Gasteiger partial charge in [-0.15, -0.1) is 0 Å². The van der Waals surface area contributed by atoms with E-state index in [-0.39, 0.29) is 6.10 Å². The zero-order chi connectivity index (χ0) is 8.39. The van der Waals surface area contributed by atoms with Crippen LogP contribution in [-0.4, -0.2) is 6.61 Å². The third kappa shape index (κ3) is 1.32. The Hall–Kier alpha value is -1.33. The number of ether oxygens (including phenoxy) is 1. The van der Waals surface area contributed by atoms with E-state index in [1.165, 1.54) is 5.56 Å². The Morgan fingerprint density at radius 1 is 1.50 bits per heavy atom. The zero-order valence-electron chi connectivity index (χ0n) is 6.66. The maximum Gasteiger partial charge on any atom is 0.106 e. The fourth-order valence-corrected chi connectivity index (χ4v) is 1.32. The fraction of sp³-hybridized carbons (Fsp3) is 0.300. The Bertz CT molecular complexity index is 323. The highest BCUT2D eigenvalue weighted by Gasteiger charge is 2.26. The first-order chi connectivity index (χ1) is 5.92. The molecule has 60 valence electrons. The second-order valence-electron chi connectivity index (χ2n) is 2.86. The van der Waals surface area contributed by atoms with Crippen LogP contribution in [0.1, 0.15) is 17.2 Å². The minimum atomic E-state index is 0.259. The van der Waals surface area contributed by atoms with Crippen molar-refractivity contribution in [2.75, 3.05) is 6.61 Å².